The highest BCUT2D eigenvalue weighted by atomic mass is 32.2. The van der Waals surface area contributed by atoms with E-state index in [4.69, 9.17) is 13.0 Å². The molecular formula is C18H32F3NO3S. The van der Waals surface area contributed by atoms with Crippen molar-refractivity contribution in [3.05, 3.63) is 24.0 Å². The van der Waals surface area contributed by atoms with E-state index in [1.54, 1.807) is 10.6 Å². The Morgan fingerprint density at radius 1 is 0.962 bits per heavy atom. The van der Waals surface area contributed by atoms with Gasteiger partial charge in [0.1, 0.15) is 5.70 Å². The standard InChI is InChI=1S/C17H31N.CHF3O3S/c1-3-5-7-8-9-10-11-15-18-16-12-14-17(18)13-6-4-2;2-1(3,4)8(5,6)7/h12,14,16H,3-11,13,15H2,1-2H3;(H,5,6,7). The van der Waals surface area contributed by atoms with Crippen LogP contribution in [-0.4, -0.2) is 25.0 Å². The van der Waals surface area contributed by atoms with Gasteiger partial charge in [0.25, 0.3) is 0 Å². The monoisotopic (exact) mass is 399 g/mol. The normalized spacial score (nSPS) is 17.0. The van der Waals surface area contributed by atoms with Crippen molar-refractivity contribution in [2.24, 2.45) is 0 Å². The zero-order valence-electron chi connectivity index (χ0n) is 15.8. The van der Waals surface area contributed by atoms with E-state index in [-0.39, 0.29) is 0 Å². The molecule has 1 aliphatic rings. The van der Waals surface area contributed by atoms with Crippen molar-refractivity contribution in [2.45, 2.75) is 83.6 Å². The van der Waals surface area contributed by atoms with E-state index in [1.165, 1.54) is 70.8 Å². The van der Waals surface area contributed by atoms with Gasteiger partial charge in [-0.3, -0.25) is 4.90 Å². The molecule has 0 saturated heterocycles. The molecule has 0 bridgehead atoms. The molecule has 0 spiro atoms. The summed E-state index contributed by atoms with van der Waals surface area (Å²) in [4.78, 5) is 1.62. The number of halogens is 3. The molecule has 0 aliphatic carbocycles. The third-order valence-electron chi connectivity index (χ3n) is 4.14. The Morgan fingerprint density at radius 3 is 1.96 bits per heavy atom. The molecule has 1 atom stereocenters. The number of hydrogen-bond donors (Lipinski definition) is 1. The van der Waals surface area contributed by atoms with Crippen LogP contribution in [0.15, 0.2) is 24.0 Å². The molecule has 0 saturated carbocycles. The summed E-state index contributed by atoms with van der Waals surface area (Å²) in [7, 11) is -6.09. The fourth-order valence-electron chi connectivity index (χ4n) is 2.62. The van der Waals surface area contributed by atoms with Crippen LogP contribution in [0, 0.1) is 0 Å². The number of quaternary nitrogens is 1. The summed E-state index contributed by atoms with van der Waals surface area (Å²) in [6.45, 7) is 5.87. The first-order valence-corrected chi connectivity index (χ1v) is 10.8. The van der Waals surface area contributed by atoms with Crippen LogP contribution in [0.25, 0.3) is 0 Å². The maximum Gasteiger partial charge on any atom is 0.485 e. The molecule has 1 rings (SSSR count). The van der Waals surface area contributed by atoms with Gasteiger partial charge >= 0.3 is 5.51 Å². The number of rotatable bonds is 11. The van der Waals surface area contributed by atoms with E-state index in [2.05, 4.69) is 32.2 Å². The highest BCUT2D eigenvalue weighted by Crippen LogP contribution is 2.20. The van der Waals surface area contributed by atoms with Gasteiger partial charge in [-0.1, -0.05) is 52.4 Å². The Balaban J connectivity index is 0.000000660. The summed E-state index contributed by atoms with van der Waals surface area (Å²) in [5.74, 6) is 0. The molecule has 1 heterocycles. The van der Waals surface area contributed by atoms with Crippen LogP contribution >= 0.6 is 0 Å². The van der Waals surface area contributed by atoms with Gasteiger partial charge in [0.15, 0.2) is 10.1 Å². The molecule has 0 aromatic heterocycles. The minimum Gasteiger partial charge on any atom is -0.741 e. The molecule has 0 fully saturated rings. The summed E-state index contributed by atoms with van der Waals surface area (Å²) in [6, 6.07) is 0. The molecule has 8 heteroatoms. The van der Waals surface area contributed by atoms with Crippen LogP contribution in [0.5, 0.6) is 0 Å². The molecule has 1 unspecified atom stereocenters. The molecule has 4 nitrogen and oxygen atoms in total. The van der Waals surface area contributed by atoms with Crippen molar-refractivity contribution in [3.63, 3.8) is 0 Å². The van der Waals surface area contributed by atoms with Crippen LogP contribution in [0.2, 0.25) is 0 Å². The van der Waals surface area contributed by atoms with E-state index in [1.807, 2.05) is 0 Å². The minimum absolute atomic E-state index is 1.29. The molecule has 26 heavy (non-hydrogen) atoms. The third kappa shape index (κ3) is 11.7. The first kappa shape index (κ1) is 25.1. The predicted molar refractivity (Wildman–Crippen MR) is 96.3 cm³/mol. The van der Waals surface area contributed by atoms with Crippen molar-refractivity contribution < 1.29 is 31.0 Å². The van der Waals surface area contributed by atoms with Crippen molar-refractivity contribution in [3.8, 4) is 0 Å². The summed E-state index contributed by atoms with van der Waals surface area (Å²) < 4.78 is 58.9. The number of unbranched alkanes of at least 4 members (excludes halogenated alkanes) is 7. The highest BCUT2D eigenvalue weighted by molar-refractivity contribution is 7.86. The summed E-state index contributed by atoms with van der Waals surface area (Å²) in [5.41, 5.74) is -4.03. The van der Waals surface area contributed by atoms with Gasteiger partial charge in [0.05, 0.1) is 12.7 Å². The van der Waals surface area contributed by atoms with Gasteiger partial charge in [-0.25, -0.2) is 8.42 Å². The summed E-state index contributed by atoms with van der Waals surface area (Å²) >= 11 is 0. The number of alkyl halides is 3. The van der Waals surface area contributed by atoms with E-state index < -0.39 is 15.6 Å². The second kappa shape index (κ2) is 13.3. The Labute approximate surface area is 155 Å². The second-order valence-electron chi connectivity index (χ2n) is 6.45. The van der Waals surface area contributed by atoms with Crippen molar-refractivity contribution in [2.75, 3.05) is 6.54 Å². The minimum atomic E-state index is -6.09. The molecule has 154 valence electrons. The van der Waals surface area contributed by atoms with E-state index in [0.717, 1.165) is 0 Å². The molecule has 1 aliphatic heterocycles. The number of hydrogen-bond acceptors (Lipinski definition) is 3. The van der Waals surface area contributed by atoms with Crippen LogP contribution in [-0.2, 0) is 10.1 Å². The maximum absolute atomic E-state index is 10.7. The van der Waals surface area contributed by atoms with Gasteiger partial charge < -0.3 is 4.55 Å². The first-order chi connectivity index (χ1) is 12.1. The van der Waals surface area contributed by atoms with Crippen molar-refractivity contribution in [1.82, 2.24) is 0 Å². The van der Waals surface area contributed by atoms with Gasteiger partial charge in [-0.05, 0) is 25.3 Å². The molecule has 1 N–H and O–H groups in total. The number of allylic oxidation sites excluding steroid dienone is 3. The van der Waals surface area contributed by atoms with Gasteiger partial charge in [0.2, 0.25) is 0 Å². The molecule has 0 aromatic rings. The lowest BCUT2D eigenvalue weighted by molar-refractivity contribution is -0.804. The predicted octanol–water partition coefficient (Wildman–Crippen LogP) is 4.27. The summed E-state index contributed by atoms with van der Waals surface area (Å²) in [6.07, 6.45) is 20.7. The van der Waals surface area contributed by atoms with Crippen molar-refractivity contribution in [1.29, 1.82) is 0 Å². The van der Waals surface area contributed by atoms with Gasteiger partial charge in [-0.15, -0.1) is 0 Å². The average molecular weight is 400 g/mol. The van der Waals surface area contributed by atoms with Crippen LogP contribution in [0.3, 0.4) is 0 Å². The molecular weight excluding hydrogens is 367 g/mol. The Kier molecular flexibility index (Phi) is 12.9. The lowest BCUT2D eigenvalue weighted by atomic mass is 10.1. The Morgan fingerprint density at radius 2 is 1.46 bits per heavy atom. The van der Waals surface area contributed by atoms with Gasteiger partial charge in [0, 0.05) is 12.5 Å². The number of nitrogens with one attached hydrogen (secondary N) is 1. The van der Waals surface area contributed by atoms with Crippen LogP contribution in [0.4, 0.5) is 13.2 Å². The Bertz CT molecular complexity index is 528. The topological polar surface area (TPSA) is 61.6 Å². The maximum atomic E-state index is 10.7. The quantitative estimate of drug-likeness (QED) is 0.321. The highest BCUT2D eigenvalue weighted by Gasteiger charge is 2.36. The molecule has 0 aromatic carbocycles. The van der Waals surface area contributed by atoms with E-state index in [9.17, 15) is 13.2 Å². The molecule has 0 amide bonds. The van der Waals surface area contributed by atoms with Crippen molar-refractivity contribution >= 4 is 10.1 Å². The largest absolute Gasteiger partial charge is 0.741 e. The second-order valence-corrected chi connectivity index (χ2v) is 7.82. The van der Waals surface area contributed by atoms with Crippen LogP contribution < -0.4 is 4.90 Å². The lowest BCUT2D eigenvalue weighted by Crippen LogP contribution is -3.04. The Hall–Kier alpha value is -0.860. The van der Waals surface area contributed by atoms with Gasteiger partial charge in [-0.2, -0.15) is 13.2 Å². The zero-order chi connectivity index (χ0) is 20.1. The third-order valence-corrected chi connectivity index (χ3v) is 4.71. The van der Waals surface area contributed by atoms with E-state index >= 15 is 0 Å². The zero-order valence-corrected chi connectivity index (χ0v) is 16.6. The fourth-order valence-corrected chi connectivity index (χ4v) is 2.62. The summed E-state index contributed by atoms with van der Waals surface area (Å²) in [5, 5.41) is 0. The van der Waals surface area contributed by atoms with E-state index in [0.29, 0.717) is 0 Å². The van der Waals surface area contributed by atoms with Crippen LogP contribution in [0.1, 0.15) is 78.1 Å². The SMILES string of the molecule is CCCCCCCCC[NH+]1C=CC=C1CCCC.O=S(=O)([O-])C(F)(F)F. The first-order valence-electron chi connectivity index (χ1n) is 9.39. The average Bonchev–Trinajstić information content (AvgIpc) is 2.98. The smallest absolute Gasteiger partial charge is 0.485 e. The fraction of sp³-hybridized carbons (Fsp3) is 0.778. The lowest BCUT2D eigenvalue weighted by Gasteiger charge is -2.14. The molecule has 0 radical (unpaired) electrons.